The number of hydrogen-bond acceptors (Lipinski definition) is 4. The number of ether oxygens (including phenoxy) is 4. The van der Waals surface area contributed by atoms with Gasteiger partial charge in [0, 0.05) is 0 Å². The first kappa shape index (κ1) is 19.6. The molecule has 0 bridgehead atoms. The van der Waals surface area contributed by atoms with E-state index in [1.54, 1.807) is 28.4 Å². The molecule has 0 fully saturated rings. The van der Waals surface area contributed by atoms with Crippen molar-refractivity contribution >= 4 is 10.8 Å². The second-order valence-electron chi connectivity index (χ2n) is 6.85. The molecular formula is C26H24O4. The third-order valence-electron chi connectivity index (χ3n) is 5.29. The molecule has 152 valence electrons. The van der Waals surface area contributed by atoms with Crippen molar-refractivity contribution in [3.05, 3.63) is 72.8 Å². The summed E-state index contributed by atoms with van der Waals surface area (Å²) < 4.78 is 21.9. The first-order chi connectivity index (χ1) is 14.7. The van der Waals surface area contributed by atoms with Gasteiger partial charge >= 0.3 is 0 Å². The molecule has 0 amide bonds. The van der Waals surface area contributed by atoms with Crippen LogP contribution in [0.15, 0.2) is 72.8 Å². The highest BCUT2D eigenvalue weighted by Gasteiger charge is 2.14. The molecule has 0 heterocycles. The zero-order valence-electron chi connectivity index (χ0n) is 17.6. The smallest absolute Gasteiger partial charge is 0.161 e. The third-order valence-corrected chi connectivity index (χ3v) is 5.29. The molecule has 30 heavy (non-hydrogen) atoms. The van der Waals surface area contributed by atoms with E-state index >= 15 is 0 Å². The van der Waals surface area contributed by atoms with E-state index in [1.807, 2.05) is 24.3 Å². The van der Waals surface area contributed by atoms with Crippen molar-refractivity contribution < 1.29 is 18.9 Å². The van der Waals surface area contributed by atoms with Crippen molar-refractivity contribution in [2.24, 2.45) is 0 Å². The minimum Gasteiger partial charge on any atom is -0.493 e. The average Bonchev–Trinajstić information content (AvgIpc) is 2.82. The minimum absolute atomic E-state index is 0.704. The summed E-state index contributed by atoms with van der Waals surface area (Å²) in [7, 11) is 6.59. The molecule has 0 saturated heterocycles. The van der Waals surface area contributed by atoms with Crippen molar-refractivity contribution in [3.8, 4) is 45.3 Å². The van der Waals surface area contributed by atoms with E-state index in [1.165, 1.54) is 5.39 Å². The highest BCUT2D eigenvalue weighted by atomic mass is 16.5. The number of rotatable bonds is 6. The Bertz CT molecular complexity index is 1110. The zero-order valence-corrected chi connectivity index (χ0v) is 17.6. The largest absolute Gasteiger partial charge is 0.493 e. The molecule has 4 aromatic carbocycles. The van der Waals surface area contributed by atoms with Gasteiger partial charge in [-0.2, -0.15) is 0 Å². The molecule has 0 aromatic heterocycles. The molecule has 0 radical (unpaired) electrons. The predicted octanol–water partition coefficient (Wildman–Crippen LogP) is 6.21. The maximum atomic E-state index is 5.53. The minimum atomic E-state index is 0.704. The summed E-state index contributed by atoms with van der Waals surface area (Å²) in [6, 6.07) is 24.7. The van der Waals surface area contributed by atoms with Gasteiger partial charge in [-0.25, -0.2) is 0 Å². The van der Waals surface area contributed by atoms with Crippen LogP contribution >= 0.6 is 0 Å². The Balaban J connectivity index is 1.96. The van der Waals surface area contributed by atoms with Gasteiger partial charge in [-0.3, -0.25) is 0 Å². The standard InChI is InChI=1S/C26H24O4/c1-27-22-13-11-18(15-24(22)29-3)20-9-5-7-17-8-6-10-21(26(17)20)19-12-14-23(28-2)25(16-19)30-4/h5-16H,1-4H3. The Morgan fingerprint density at radius 2 is 0.900 bits per heavy atom. The SMILES string of the molecule is COc1ccc(-c2cccc3cccc(-c4ccc(OC)c(OC)c4)c23)cc1OC. The number of hydrogen-bond donors (Lipinski definition) is 0. The molecular weight excluding hydrogens is 376 g/mol. The van der Waals surface area contributed by atoms with Crippen molar-refractivity contribution in [1.82, 2.24) is 0 Å². The maximum Gasteiger partial charge on any atom is 0.161 e. The lowest BCUT2D eigenvalue weighted by molar-refractivity contribution is 0.355. The van der Waals surface area contributed by atoms with Gasteiger partial charge in [0.25, 0.3) is 0 Å². The van der Waals surface area contributed by atoms with E-state index in [2.05, 4.69) is 48.5 Å². The monoisotopic (exact) mass is 400 g/mol. The third kappa shape index (κ3) is 3.41. The summed E-state index contributed by atoms with van der Waals surface area (Å²) in [5.74, 6) is 2.83. The van der Waals surface area contributed by atoms with Crippen LogP contribution in [-0.4, -0.2) is 28.4 Å². The fourth-order valence-corrected chi connectivity index (χ4v) is 3.83. The number of benzene rings is 4. The number of methoxy groups -OCH3 is 4. The van der Waals surface area contributed by atoms with Gasteiger partial charge in [0.1, 0.15) is 0 Å². The predicted molar refractivity (Wildman–Crippen MR) is 121 cm³/mol. The second-order valence-corrected chi connectivity index (χ2v) is 6.85. The Hall–Kier alpha value is -3.66. The van der Waals surface area contributed by atoms with Crippen molar-refractivity contribution in [2.45, 2.75) is 0 Å². The normalized spacial score (nSPS) is 10.7. The van der Waals surface area contributed by atoms with Gasteiger partial charge in [-0.15, -0.1) is 0 Å². The van der Waals surface area contributed by atoms with Crippen LogP contribution in [0.2, 0.25) is 0 Å². The van der Waals surface area contributed by atoms with Crippen LogP contribution in [0.3, 0.4) is 0 Å². The summed E-state index contributed by atoms with van der Waals surface area (Å²) >= 11 is 0. The maximum absolute atomic E-state index is 5.53. The van der Waals surface area contributed by atoms with Gasteiger partial charge in [-0.1, -0.05) is 48.5 Å². The number of fused-ring (bicyclic) bond motifs is 1. The lowest BCUT2D eigenvalue weighted by atomic mass is 9.91. The molecule has 0 aliphatic carbocycles. The quantitative estimate of drug-likeness (QED) is 0.386. The molecule has 0 saturated carbocycles. The van der Waals surface area contributed by atoms with Gasteiger partial charge < -0.3 is 18.9 Å². The Labute approximate surface area is 176 Å². The van der Waals surface area contributed by atoms with Crippen LogP contribution in [-0.2, 0) is 0 Å². The summed E-state index contributed by atoms with van der Waals surface area (Å²) in [5.41, 5.74) is 4.37. The molecule has 0 aliphatic rings. The molecule has 4 rings (SSSR count). The van der Waals surface area contributed by atoms with Crippen LogP contribution in [0.25, 0.3) is 33.0 Å². The molecule has 0 N–H and O–H groups in total. The highest BCUT2D eigenvalue weighted by Crippen LogP contribution is 2.41. The van der Waals surface area contributed by atoms with E-state index in [-0.39, 0.29) is 0 Å². The molecule has 4 heteroatoms. The van der Waals surface area contributed by atoms with Crippen molar-refractivity contribution in [1.29, 1.82) is 0 Å². The molecule has 0 spiro atoms. The second kappa shape index (κ2) is 8.37. The van der Waals surface area contributed by atoms with Gasteiger partial charge in [0.05, 0.1) is 28.4 Å². The highest BCUT2D eigenvalue weighted by molar-refractivity contribution is 6.06. The van der Waals surface area contributed by atoms with E-state index in [9.17, 15) is 0 Å². The topological polar surface area (TPSA) is 36.9 Å². The van der Waals surface area contributed by atoms with Gasteiger partial charge in [-0.05, 0) is 57.3 Å². The van der Waals surface area contributed by atoms with E-state index in [0.29, 0.717) is 23.0 Å². The molecule has 0 aliphatic heterocycles. The fraction of sp³-hybridized carbons (Fsp3) is 0.154. The van der Waals surface area contributed by atoms with Gasteiger partial charge in [0.2, 0.25) is 0 Å². The lowest BCUT2D eigenvalue weighted by Gasteiger charge is -2.15. The molecule has 0 unspecified atom stereocenters. The molecule has 4 aromatic rings. The van der Waals surface area contributed by atoms with Crippen LogP contribution in [0, 0.1) is 0 Å². The van der Waals surface area contributed by atoms with E-state index < -0.39 is 0 Å². The van der Waals surface area contributed by atoms with Crippen LogP contribution in [0.5, 0.6) is 23.0 Å². The lowest BCUT2D eigenvalue weighted by Crippen LogP contribution is -1.93. The molecule has 4 nitrogen and oxygen atoms in total. The van der Waals surface area contributed by atoms with Crippen molar-refractivity contribution in [3.63, 3.8) is 0 Å². The first-order valence-corrected chi connectivity index (χ1v) is 9.66. The van der Waals surface area contributed by atoms with Crippen molar-refractivity contribution in [2.75, 3.05) is 28.4 Å². The van der Waals surface area contributed by atoms with Crippen LogP contribution < -0.4 is 18.9 Å². The van der Waals surface area contributed by atoms with Crippen LogP contribution in [0.1, 0.15) is 0 Å². The Kier molecular flexibility index (Phi) is 5.48. The Morgan fingerprint density at radius 3 is 1.30 bits per heavy atom. The summed E-state index contributed by atoms with van der Waals surface area (Å²) in [4.78, 5) is 0. The average molecular weight is 400 g/mol. The summed E-state index contributed by atoms with van der Waals surface area (Å²) in [5, 5.41) is 2.33. The van der Waals surface area contributed by atoms with E-state index in [4.69, 9.17) is 18.9 Å². The Morgan fingerprint density at radius 1 is 0.467 bits per heavy atom. The van der Waals surface area contributed by atoms with Gasteiger partial charge in [0.15, 0.2) is 23.0 Å². The molecule has 0 atom stereocenters. The fourth-order valence-electron chi connectivity index (χ4n) is 3.83. The summed E-state index contributed by atoms with van der Waals surface area (Å²) in [6.45, 7) is 0. The summed E-state index contributed by atoms with van der Waals surface area (Å²) in [6.07, 6.45) is 0. The zero-order chi connectivity index (χ0) is 21.1. The van der Waals surface area contributed by atoms with E-state index in [0.717, 1.165) is 27.6 Å². The first-order valence-electron chi connectivity index (χ1n) is 9.66. The van der Waals surface area contributed by atoms with Crippen LogP contribution in [0.4, 0.5) is 0 Å².